The van der Waals surface area contributed by atoms with Crippen LogP contribution < -0.4 is 5.32 Å². The molecule has 3 rings (SSSR count). The van der Waals surface area contributed by atoms with Gasteiger partial charge in [-0.1, -0.05) is 0 Å². The number of amides is 1. The van der Waals surface area contributed by atoms with Gasteiger partial charge in [0, 0.05) is 31.8 Å². The maximum Gasteiger partial charge on any atom is 0.244 e. The SMILES string of the molecule is O=C(Cn1cccc1)Nc1cnn(C2CCOCC2)c1. The maximum atomic E-state index is 11.9. The highest BCUT2D eigenvalue weighted by molar-refractivity contribution is 5.90. The van der Waals surface area contributed by atoms with Crippen LogP contribution in [0.1, 0.15) is 18.9 Å². The van der Waals surface area contributed by atoms with Crippen LogP contribution in [0, 0.1) is 0 Å². The van der Waals surface area contributed by atoms with Crippen LogP contribution in [-0.2, 0) is 16.1 Å². The van der Waals surface area contributed by atoms with Crippen molar-refractivity contribution in [1.82, 2.24) is 14.3 Å². The van der Waals surface area contributed by atoms with Gasteiger partial charge in [0.15, 0.2) is 0 Å². The molecule has 0 radical (unpaired) electrons. The Bertz CT molecular complexity index is 556. The van der Waals surface area contributed by atoms with Gasteiger partial charge in [0.05, 0.1) is 17.9 Å². The van der Waals surface area contributed by atoms with Crippen molar-refractivity contribution in [3.8, 4) is 0 Å². The second-order valence-electron chi connectivity index (χ2n) is 4.96. The normalized spacial score (nSPS) is 16.2. The highest BCUT2D eigenvalue weighted by Crippen LogP contribution is 2.21. The summed E-state index contributed by atoms with van der Waals surface area (Å²) in [6, 6.07) is 4.17. The molecular weight excluding hydrogens is 256 g/mol. The molecule has 0 aliphatic carbocycles. The van der Waals surface area contributed by atoms with Crippen molar-refractivity contribution in [3.05, 3.63) is 36.9 Å². The summed E-state index contributed by atoms with van der Waals surface area (Å²) < 4.78 is 9.09. The molecule has 0 saturated carbocycles. The lowest BCUT2D eigenvalue weighted by Crippen LogP contribution is -2.20. The zero-order valence-corrected chi connectivity index (χ0v) is 11.2. The van der Waals surface area contributed by atoms with E-state index in [1.807, 2.05) is 40.0 Å². The van der Waals surface area contributed by atoms with E-state index >= 15 is 0 Å². The van der Waals surface area contributed by atoms with E-state index < -0.39 is 0 Å². The fraction of sp³-hybridized carbons (Fsp3) is 0.429. The van der Waals surface area contributed by atoms with E-state index in [-0.39, 0.29) is 5.91 Å². The van der Waals surface area contributed by atoms with Crippen molar-refractivity contribution in [2.75, 3.05) is 18.5 Å². The summed E-state index contributed by atoms with van der Waals surface area (Å²) in [4.78, 5) is 11.9. The van der Waals surface area contributed by atoms with Crippen LogP contribution in [0.4, 0.5) is 5.69 Å². The number of aromatic nitrogens is 3. The molecule has 1 aliphatic rings. The van der Waals surface area contributed by atoms with Gasteiger partial charge in [0.2, 0.25) is 5.91 Å². The summed E-state index contributed by atoms with van der Waals surface area (Å²) in [5, 5.41) is 7.19. The van der Waals surface area contributed by atoms with Crippen molar-refractivity contribution >= 4 is 11.6 Å². The quantitative estimate of drug-likeness (QED) is 0.922. The Morgan fingerprint density at radius 1 is 1.35 bits per heavy atom. The summed E-state index contributed by atoms with van der Waals surface area (Å²) in [5.74, 6) is -0.0484. The van der Waals surface area contributed by atoms with Crippen LogP contribution in [0.25, 0.3) is 0 Å². The Kier molecular flexibility index (Phi) is 3.83. The Labute approximate surface area is 117 Å². The van der Waals surface area contributed by atoms with E-state index in [2.05, 4.69) is 10.4 Å². The van der Waals surface area contributed by atoms with Crippen molar-refractivity contribution in [3.63, 3.8) is 0 Å². The third-order valence-corrected chi connectivity index (χ3v) is 3.44. The minimum atomic E-state index is -0.0484. The largest absolute Gasteiger partial charge is 0.381 e. The fourth-order valence-corrected chi connectivity index (χ4v) is 2.39. The number of nitrogens with zero attached hydrogens (tertiary/aromatic N) is 3. The second-order valence-corrected chi connectivity index (χ2v) is 4.96. The van der Waals surface area contributed by atoms with Gasteiger partial charge in [-0.15, -0.1) is 0 Å². The fourth-order valence-electron chi connectivity index (χ4n) is 2.39. The second kappa shape index (κ2) is 5.92. The van der Waals surface area contributed by atoms with E-state index in [0.29, 0.717) is 12.6 Å². The Hall–Kier alpha value is -2.08. The van der Waals surface area contributed by atoms with E-state index in [9.17, 15) is 4.79 Å². The van der Waals surface area contributed by atoms with Gasteiger partial charge in [-0.05, 0) is 25.0 Å². The van der Waals surface area contributed by atoms with Crippen LogP contribution in [0.5, 0.6) is 0 Å². The number of anilines is 1. The molecule has 1 saturated heterocycles. The van der Waals surface area contributed by atoms with Gasteiger partial charge in [-0.25, -0.2) is 0 Å². The number of nitrogens with one attached hydrogen (secondary N) is 1. The Morgan fingerprint density at radius 3 is 2.85 bits per heavy atom. The average Bonchev–Trinajstić information content (AvgIpc) is 3.11. The smallest absolute Gasteiger partial charge is 0.244 e. The van der Waals surface area contributed by atoms with Gasteiger partial charge in [0.25, 0.3) is 0 Å². The maximum absolute atomic E-state index is 11.9. The molecule has 106 valence electrons. The van der Waals surface area contributed by atoms with Gasteiger partial charge >= 0.3 is 0 Å². The van der Waals surface area contributed by atoms with Crippen LogP contribution >= 0.6 is 0 Å². The number of ether oxygens (including phenoxy) is 1. The molecule has 20 heavy (non-hydrogen) atoms. The minimum absolute atomic E-state index is 0.0484. The zero-order valence-electron chi connectivity index (χ0n) is 11.2. The standard InChI is InChI=1S/C14H18N4O2/c19-14(11-17-5-1-2-6-17)16-12-9-15-18(10-12)13-3-7-20-8-4-13/h1-2,5-6,9-10,13H,3-4,7-8,11H2,(H,16,19). The first-order valence-corrected chi connectivity index (χ1v) is 6.84. The summed E-state index contributed by atoms with van der Waals surface area (Å²) in [7, 11) is 0. The highest BCUT2D eigenvalue weighted by Gasteiger charge is 2.16. The molecular formula is C14H18N4O2. The predicted molar refractivity (Wildman–Crippen MR) is 74.4 cm³/mol. The molecule has 1 N–H and O–H groups in total. The van der Waals surface area contributed by atoms with Crippen molar-refractivity contribution in [1.29, 1.82) is 0 Å². The number of rotatable bonds is 4. The zero-order chi connectivity index (χ0) is 13.8. The number of carbonyl (C=O) groups excluding carboxylic acids is 1. The molecule has 1 aliphatic heterocycles. The number of hydrogen-bond donors (Lipinski definition) is 1. The molecule has 0 atom stereocenters. The van der Waals surface area contributed by atoms with Gasteiger partial charge in [-0.3, -0.25) is 9.48 Å². The van der Waals surface area contributed by atoms with Crippen LogP contribution in [0.15, 0.2) is 36.9 Å². The van der Waals surface area contributed by atoms with Crippen LogP contribution in [0.2, 0.25) is 0 Å². The third-order valence-electron chi connectivity index (χ3n) is 3.44. The average molecular weight is 274 g/mol. The number of hydrogen-bond acceptors (Lipinski definition) is 3. The lowest BCUT2D eigenvalue weighted by atomic mass is 10.1. The van der Waals surface area contributed by atoms with E-state index in [1.165, 1.54) is 0 Å². The summed E-state index contributed by atoms with van der Waals surface area (Å²) >= 11 is 0. The number of carbonyl (C=O) groups is 1. The molecule has 0 aromatic carbocycles. The molecule has 0 unspecified atom stereocenters. The first kappa shape index (κ1) is 12.9. The summed E-state index contributed by atoms with van der Waals surface area (Å²) in [6.45, 7) is 1.87. The topological polar surface area (TPSA) is 61.1 Å². The molecule has 1 fully saturated rings. The monoisotopic (exact) mass is 274 g/mol. The van der Waals surface area contributed by atoms with Crippen molar-refractivity contribution in [2.45, 2.75) is 25.4 Å². The molecule has 6 heteroatoms. The third kappa shape index (κ3) is 3.08. The van der Waals surface area contributed by atoms with Crippen LogP contribution in [0.3, 0.4) is 0 Å². The molecule has 2 aromatic heterocycles. The minimum Gasteiger partial charge on any atom is -0.381 e. The first-order chi connectivity index (χ1) is 9.81. The Morgan fingerprint density at radius 2 is 2.10 bits per heavy atom. The molecule has 0 spiro atoms. The molecule has 6 nitrogen and oxygen atoms in total. The van der Waals surface area contributed by atoms with Crippen molar-refractivity contribution < 1.29 is 9.53 Å². The van der Waals surface area contributed by atoms with E-state index in [4.69, 9.17) is 4.74 Å². The van der Waals surface area contributed by atoms with Gasteiger partial charge in [-0.2, -0.15) is 5.10 Å². The van der Waals surface area contributed by atoms with Crippen molar-refractivity contribution in [2.24, 2.45) is 0 Å². The lowest BCUT2D eigenvalue weighted by molar-refractivity contribution is -0.116. The Balaban J connectivity index is 1.57. The highest BCUT2D eigenvalue weighted by atomic mass is 16.5. The first-order valence-electron chi connectivity index (χ1n) is 6.84. The molecule has 0 bridgehead atoms. The van der Waals surface area contributed by atoms with Gasteiger partial charge < -0.3 is 14.6 Å². The summed E-state index contributed by atoms with van der Waals surface area (Å²) in [6.07, 6.45) is 9.26. The predicted octanol–water partition coefficient (Wildman–Crippen LogP) is 1.67. The summed E-state index contributed by atoms with van der Waals surface area (Å²) in [5.41, 5.74) is 0.744. The molecule has 2 aromatic rings. The molecule has 3 heterocycles. The molecule has 1 amide bonds. The van der Waals surface area contributed by atoms with Crippen LogP contribution in [-0.4, -0.2) is 33.5 Å². The van der Waals surface area contributed by atoms with Gasteiger partial charge in [0.1, 0.15) is 6.54 Å². The lowest BCUT2D eigenvalue weighted by Gasteiger charge is -2.22. The van der Waals surface area contributed by atoms with E-state index in [0.717, 1.165) is 31.7 Å². The van der Waals surface area contributed by atoms with E-state index in [1.54, 1.807) is 6.20 Å².